The summed E-state index contributed by atoms with van der Waals surface area (Å²) in [5.74, 6) is -0.208. The summed E-state index contributed by atoms with van der Waals surface area (Å²) in [7, 11) is 1.46. The number of methoxy groups -OCH3 is 1. The standard InChI is InChI=1S/C20H15Cl2NO4S2/c1-3-23-18(24)17(29-20(23)28)9-11-4-7-15(16(8-11)26-2)27-19(25)13-6-5-12(21)10-14(13)22/h4-10H,3H2,1-2H3/b17-9-. The minimum atomic E-state index is -0.637. The molecule has 1 aliphatic heterocycles. The molecule has 1 saturated heterocycles. The van der Waals surface area contributed by atoms with Crippen molar-refractivity contribution in [1.82, 2.24) is 4.90 Å². The summed E-state index contributed by atoms with van der Waals surface area (Å²) < 4.78 is 11.3. The van der Waals surface area contributed by atoms with Crippen LogP contribution in [0.1, 0.15) is 22.8 Å². The fourth-order valence-corrected chi connectivity index (χ4v) is 4.46. The third-order valence-electron chi connectivity index (χ3n) is 4.03. The van der Waals surface area contributed by atoms with Gasteiger partial charge in [-0.15, -0.1) is 0 Å². The number of thioether (sulfide) groups is 1. The second-order valence-electron chi connectivity index (χ2n) is 5.85. The minimum absolute atomic E-state index is 0.130. The molecule has 0 aliphatic carbocycles. The summed E-state index contributed by atoms with van der Waals surface area (Å²) in [6.45, 7) is 2.39. The molecule has 0 saturated carbocycles. The Morgan fingerprint density at radius 1 is 1.21 bits per heavy atom. The fourth-order valence-electron chi connectivity index (χ4n) is 2.59. The minimum Gasteiger partial charge on any atom is -0.493 e. The normalized spacial score (nSPS) is 15.2. The van der Waals surface area contributed by atoms with Crippen LogP contribution >= 0.6 is 47.2 Å². The van der Waals surface area contributed by atoms with E-state index in [1.807, 2.05) is 6.92 Å². The largest absolute Gasteiger partial charge is 0.493 e. The molecular weight excluding hydrogens is 453 g/mol. The fraction of sp³-hybridized carbons (Fsp3) is 0.150. The van der Waals surface area contributed by atoms with Gasteiger partial charge in [-0.05, 0) is 48.9 Å². The van der Waals surface area contributed by atoms with Gasteiger partial charge in [0.1, 0.15) is 4.32 Å². The van der Waals surface area contributed by atoms with Crippen molar-refractivity contribution in [3.05, 3.63) is 62.5 Å². The van der Waals surface area contributed by atoms with Gasteiger partial charge in [-0.2, -0.15) is 0 Å². The summed E-state index contributed by atoms with van der Waals surface area (Å²) in [4.78, 5) is 26.9. The number of hydrogen-bond acceptors (Lipinski definition) is 6. The highest BCUT2D eigenvalue weighted by Crippen LogP contribution is 2.35. The van der Waals surface area contributed by atoms with Gasteiger partial charge in [-0.1, -0.05) is 53.2 Å². The van der Waals surface area contributed by atoms with Crippen LogP contribution in [0.5, 0.6) is 11.5 Å². The van der Waals surface area contributed by atoms with Crippen LogP contribution in [0.3, 0.4) is 0 Å². The summed E-state index contributed by atoms with van der Waals surface area (Å²) in [5.41, 5.74) is 0.896. The summed E-state index contributed by atoms with van der Waals surface area (Å²) in [6, 6.07) is 9.48. The molecule has 29 heavy (non-hydrogen) atoms. The first kappa shape index (κ1) is 21.6. The van der Waals surface area contributed by atoms with E-state index in [2.05, 4.69) is 0 Å². The Balaban J connectivity index is 1.84. The quantitative estimate of drug-likeness (QED) is 0.252. The maximum absolute atomic E-state index is 12.4. The van der Waals surface area contributed by atoms with E-state index in [1.54, 1.807) is 30.3 Å². The third-order valence-corrected chi connectivity index (χ3v) is 5.95. The molecule has 0 bridgehead atoms. The smallest absolute Gasteiger partial charge is 0.345 e. The van der Waals surface area contributed by atoms with Gasteiger partial charge in [0.05, 0.1) is 22.6 Å². The predicted molar refractivity (Wildman–Crippen MR) is 120 cm³/mol. The van der Waals surface area contributed by atoms with Gasteiger partial charge in [0, 0.05) is 11.6 Å². The molecule has 3 rings (SSSR count). The number of esters is 1. The zero-order valence-corrected chi connectivity index (χ0v) is 18.5. The third kappa shape index (κ3) is 4.75. The number of rotatable bonds is 5. The Labute approximate surface area is 187 Å². The molecule has 0 N–H and O–H groups in total. The van der Waals surface area contributed by atoms with Crippen LogP contribution in [-0.4, -0.2) is 34.8 Å². The van der Waals surface area contributed by atoms with Gasteiger partial charge < -0.3 is 9.47 Å². The Kier molecular flexibility index (Phi) is 6.85. The van der Waals surface area contributed by atoms with Crippen molar-refractivity contribution in [1.29, 1.82) is 0 Å². The van der Waals surface area contributed by atoms with Crippen LogP contribution < -0.4 is 9.47 Å². The van der Waals surface area contributed by atoms with E-state index in [0.29, 0.717) is 32.1 Å². The van der Waals surface area contributed by atoms with Crippen molar-refractivity contribution in [2.24, 2.45) is 0 Å². The van der Waals surface area contributed by atoms with Crippen LogP contribution in [-0.2, 0) is 4.79 Å². The molecule has 1 heterocycles. The molecule has 0 unspecified atom stereocenters. The van der Waals surface area contributed by atoms with Gasteiger partial charge >= 0.3 is 5.97 Å². The number of hydrogen-bond donors (Lipinski definition) is 0. The van der Waals surface area contributed by atoms with Gasteiger partial charge in [-0.25, -0.2) is 4.79 Å². The van der Waals surface area contributed by atoms with E-state index in [4.69, 9.17) is 44.9 Å². The topological polar surface area (TPSA) is 55.8 Å². The highest BCUT2D eigenvalue weighted by molar-refractivity contribution is 8.26. The maximum Gasteiger partial charge on any atom is 0.345 e. The summed E-state index contributed by atoms with van der Waals surface area (Å²) >= 11 is 18.4. The molecule has 0 radical (unpaired) electrons. The maximum atomic E-state index is 12.4. The first-order valence-corrected chi connectivity index (χ1v) is 10.4. The van der Waals surface area contributed by atoms with E-state index < -0.39 is 5.97 Å². The predicted octanol–water partition coefficient (Wildman–Crippen LogP) is 5.44. The van der Waals surface area contributed by atoms with Crippen molar-refractivity contribution in [3.63, 3.8) is 0 Å². The van der Waals surface area contributed by atoms with Crippen LogP contribution in [0.15, 0.2) is 41.3 Å². The Morgan fingerprint density at radius 3 is 2.59 bits per heavy atom. The lowest BCUT2D eigenvalue weighted by Crippen LogP contribution is -2.27. The molecule has 150 valence electrons. The highest BCUT2D eigenvalue weighted by Gasteiger charge is 2.30. The molecular formula is C20H15Cl2NO4S2. The summed E-state index contributed by atoms with van der Waals surface area (Å²) in [5, 5.41) is 0.609. The van der Waals surface area contributed by atoms with E-state index in [-0.39, 0.29) is 22.2 Å². The van der Waals surface area contributed by atoms with Crippen LogP contribution in [0, 0.1) is 0 Å². The van der Waals surface area contributed by atoms with Crippen LogP contribution in [0.2, 0.25) is 10.0 Å². The van der Waals surface area contributed by atoms with Crippen molar-refractivity contribution >= 4 is 69.5 Å². The molecule has 1 amide bonds. The number of carbonyl (C=O) groups excluding carboxylic acids is 2. The number of halogens is 2. The lowest BCUT2D eigenvalue weighted by atomic mass is 10.1. The van der Waals surface area contributed by atoms with Gasteiger partial charge in [-0.3, -0.25) is 9.69 Å². The molecule has 9 heteroatoms. The number of amides is 1. The molecule has 0 atom stereocenters. The SMILES string of the molecule is CCN1C(=O)/C(=C/c2ccc(OC(=O)c3ccc(Cl)cc3Cl)c(OC)c2)SC1=S. The second-order valence-corrected chi connectivity index (χ2v) is 8.37. The van der Waals surface area contributed by atoms with E-state index in [0.717, 1.165) is 0 Å². The monoisotopic (exact) mass is 467 g/mol. The van der Waals surface area contributed by atoms with Crippen molar-refractivity contribution in [2.45, 2.75) is 6.92 Å². The van der Waals surface area contributed by atoms with Crippen molar-refractivity contribution in [3.8, 4) is 11.5 Å². The number of ether oxygens (including phenoxy) is 2. The molecule has 5 nitrogen and oxygen atoms in total. The Morgan fingerprint density at radius 2 is 1.97 bits per heavy atom. The van der Waals surface area contributed by atoms with Gasteiger partial charge in [0.15, 0.2) is 11.5 Å². The molecule has 1 fully saturated rings. The molecule has 0 aromatic heterocycles. The number of thiocarbonyl (C=S) groups is 1. The average Bonchev–Trinajstić information content (AvgIpc) is 2.95. The average molecular weight is 468 g/mol. The zero-order chi connectivity index (χ0) is 21.1. The molecule has 1 aliphatic rings. The first-order valence-electron chi connectivity index (χ1n) is 8.44. The Bertz CT molecular complexity index is 1040. The number of nitrogens with zero attached hydrogens (tertiary/aromatic N) is 1. The number of carbonyl (C=O) groups is 2. The van der Waals surface area contributed by atoms with E-state index in [9.17, 15) is 9.59 Å². The van der Waals surface area contributed by atoms with Crippen LogP contribution in [0.4, 0.5) is 0 Å². The number of likely N-dealkylation sites (N-methyl/N-ethyl adjacent to an activating group) is 1. The summed E-state index contributed by atoms with van der Waals surface area (Å²) in [6.07, 6.45) is 1.72. The second kappa shape index (κ2) is 9.17. The van der Waals surface area contributed by atoms with Crippen LogP contribution in [0.25, 0.3) is 6.08 Å². The molecule has 2 aromatic carbocycles. The van der Waals surface area contributed by atoms with Crippen molar-refractivity contribution in [2.75, 3.05) is 13.7 Å². The molecule has 2 aromatic rings. The number of benzene rings is 2. The van der Waals surface area contributed by atoms with E-state index >= 15 is 0 Å². The zero-order valence-electron chi connectivity index (χ0n) is 15.4. The highest BCUT2D eigenvalue weighted by atomic mass is 35.5. The lowest BCUT2D eigenvalue weighted by molar-refractivity contribution is -0.121. The lowest BCUT2D eigenvalue weighted by Gasteiger charge is -2.11. The van der Waals surface area contributed by atoms with E-state index in [1.165, 1.54) is 35.9 Å². The molecule has 0 spiro atoms. The van der Waals surface area contributed by atoms with Crippen molar-refractivity contribution < 1.29 is 19.1 Å². The van der Waals surface area contributed by atoms with Gasteiger partial charge in [0.25, 0.3) is 5.91 Å². The first-order chi connectivity index (χ1) is 13.8. The Hall–Kier alpha value is -2.06. The van der Waals surface area contributed by atoms with Gasteiger partial charge in [0.2, 0.25) is 0 Å².